The van der Waals surface area contributed by atoms with Crippen molar-refractivity contribution in [3.8, 4) is 0 Å². The Hall–Kier alpha value is -0.530. The number of nitrogens with two attached hydrogens (primary N) is 1. The molecular weight excluding hydrogens is 166 g/mol. The molecule has 0 amide bonds. The van der Waals surface area contributed by atoms with Crippen molar-refractivity contribution in [2.45, 2.75) is 24.3 Å². The van der Waals surface area contributed by atoms with Crippen molar-refractivity contribution < 1.29 is 26.6 Å². The summed E-state index contributed by atoms with van der Waals surface area (Å²) in [7, 11) is 0. The number of carbonyl (C=O) groups excluding carboxylic acids is 1. The molecule has 0 aromatic heterocycles. The van der Waals surface area contributed by atoms with Crippen molar-refractivity contribution >= 4 is 6.29 Å². The van der Waals surface area contributed by atoms with E-state index in [9.17, 15) is 4.79 Å². The Morgan fingerprint density at radius 2 is 1.92 bits per heavy atom. The van der Waals surface area contributed by atoms with Gasteiger partial charge in [0.15, 0.2) is 0 Å². The Labute approximate surface area is 70.6 Å². The second kappa shape index (κ2) is 5.18. The van der Waals surface area contributed by atoms with E-state index in [1.807, 2.05) is 0 Å². The molecule has 6 N–H and O–H groups in total. The van der Waals surface area contributed by atoms with Crippen LogP contribution in [0.5, 0.6) is 0 Å². The van der Waals surface area contributed by atoms with Crippen LogP contribution in [-0.4, -0.2) is 57.6 Å². The van der Waals surface area contributed by atoms with Gasteiger partial charge in [0.05, 0.1) is 14.0 Å². The fourth-order valence-electron chi connectivity index (χ4n) is 0.585. The number of carbonyl (C=O) groups is 1. The zero-order chi connectivity index (χ0) is 10.6. The highest BCUT2D eigenvalue weighted by Crippen LogP contribution is 2.01. The molecule has 0 bridgehead atoms. The zero-order valence-electron chi connectivity index (χ0n) is 7.29. The quantitative estimate of drug-likeness (QED) is 0.281. The van der Waals surface area contributed by atoms with Gasteiger partial charge in [-0.15, -0.1) is 0 Å². The molecule has 0 saturated carbocycles. The average molecular weight is 181 g/mol. The monoisotopic (exact) mass is 181 g/mol. The van der Waals surface area contributed by atoms with E-state index in [2.05, 4.69) is 0 Å². The highest BCUT2D eigenvalue weighted by atomic mass is 16.4. The van der Waals surface area contributed by atoms with Gasteiger partial charge in [0.2, 0.25) is 0 Å². The summed E-state index contributed by atoms with van der Waals surface area (Å²) in [6.07, 6.45) is -5.49. The van der Waals surface area contributed by atoms with Crippen LogP contribution in [0.25, 0.3) is 0 Å². The van der Waals surface area contributed by atoms with Crippen molar-refractivity contribution in [2.24, 2.45) is 5.73 Å². The zero-order valence-corrected chi connectivity index (χ0v) is 6.29. The van der Waals surface area contributed by atoms with Crippen LogP contribution in [0.3, 0.4) is 0 Å². The number of hydrogen-bond donors (Lipinski definition) is 5. The summed E-state index contributed by atoms with van der Waals surface area (Å²) in [5.74, 6) is 0. The van der Waals surface area contributed by atoms with Crippen LogP contribution in [-0.2, 0) is 4.79 Å². The summed E-state index contributed by atoms with van der Waals surface area (Å²) in [5, 5.41) is 35.3. The van der Waals surface area contributed by atoms with Crippen LogP contribution in [0.4, 0.5) is 0 Å². The standard InChI is InChI=1S/C6H13NO5/c7-3(1-8)5(11)6(12)4(10)2-9/h1,3-6,9-12H,2,7H2/t3-,4-,5-,6-/m1/s1/i3T. The Morgan fingerprint density at radius 3 is 2.25 bits per heavy atom. The van der Waals surface area contributed by atoms with Gasteiger partial charge in [0.25, 0.3) is 0 Å². The molecule has 0 spiro atoms. The molecule has 0 aromatic carbocycles. The lowest BCUT2D eigenvalue weighted by Crippen LogP contribution is -2.49. The molecular formula is C6H13NO5. The molecule has 0 saturated heterocycles. The van der Waals surface area contributed by atoms with E-state index in [4.69, 9.17) is 27.5 Å². The maximum absolute atomic E-state index is 10.2. The lowest BCUT2D eigenvalue weighted by atomic mass is 10.0. The molecule has 0 fully saturated rings. The normalized spacial score (nSPS) is 24.9. The third kappa shape index (κ3) is 2.84. The van der Waals surface area contributed by atoms with Crippen LogP contribution in [0.2, 0.25) is 0 Å². The van der Waals surface area contributed by atoms with Crippen molar-refractivity contribution in [3.63, 3.8) is 0 Å². The Kier molecular flexibility index (Phi) is 4.12. The Balaban J connectivity index is 4.40. The second-order valence-electron chi connectivity index (χ2n) is 2.30. The molecule has 0 radical (unpaired) electrons. The lowest BCUT2D eigenvalue weighted by molar-refractivity contribution is -0.118. The Morgan fingerprint density at radius 1 is 1.42 bits per heavy atom. The summed E-state index contributed by atoms with van der Waals surface area (Å²) < 4.78 is 6.99. The van der Waals surface area contributed by atoms with Gasteiger partial charge in [-0.05, 0) is 0 Å². The van der Waals surface area contributed by atoms with Crippen LogP contribution >= 0.6 is 0 Å². The molecule has 4 atom stereocenters. The SMILES string of the molecule is [3H][C@@](N)(C=O)[C@@H](O)[C@H](O)[C@H](O)CO. The molecule has 0 rings (SSSR count). The van der Waals surface area contributed by atoms with Crippen molar-refractivity contribution in [1.82, 2.24) is 0 Å². The number of hydrogen-bond acceptors (Lipinski definition) is 6. The van der Waals surface area contributed by atoms with E-state index in [-0.39, 0.29) is 6.29 Å². The first-order valence-electron chi connectivity index (χ1n) is 3.77. The number of rotatable bonds is 5. The molecule has 6 nitrogen and oxygen atoms in total. The minimum atomic E-state index is -2.39. The van der Waals surface area contributed by atoms with Gasteiger partial charge in [-0.3, -0.25) is 0 Å². The number of aliphatic hydroxyl groups is 4. The summed E-state index contributed by atoms with van der Waals surface area (Å²) in [6, 6.07) is -2.39. The summed E-state index contributed by atoms with van der Waals surface area (Å²) in [6.45, 7) is -0.798. The minimum absolute atomic E-state index is 0.0645. The van der Waals surface area contributed by atoms with E-state index in [1.165, 1.54) is 0 Å². The third-order valence-corrected chi connectivity index (χ3v) is 1.38. The van der Waals surface area contributed by atoms with Crippen molar-refractivity contribution in [3.05, 3.63) is 0 Å². The van der Waals surface area contributed by atoms with E-state index in [1.54, 1.807) is 0 Å². The molecule has 0 aliphatic heterocycles. The maximum Gasteiger partial charge on any atom is 0.139 e. The van der Waals surface area contributed by atoms with Gasteiger partial charge in [-0.2, -0.15) is 0 Å². The van der Waals surface area contributed by atoms with Crippen LogP contribution in [0.1, 0.15) is 1.37 Å². The van der Waals surface area contributed by atoms with Crippen LogP contribution in [0, 0.1) is 0 Å². The largest absolute Gasteiger partial charge is 0.394 e. The van der Waals surface area contributed by atoms with E-state index in [0.29, 0.717) is 0 Å². The first-order chi connectivity index (χ1) is 5.86. The van der Waals surface area contributed by atoms with Gasteiger partial charge >= 0.3 is 0 Å². The van der Waals surface area contributed by atoms with E-state index < -0.39 is 30.9 Å². The molecule has 12 heavy (non-hydrogen) atoms. The van der Waals surface area contributed by atoms with E-state index in [0.717, 1.165) is 0 Å². The van der Waals surface area contributed by atoms with Crippen molar-refractivity contribution in [1.29, 1.82) is 0 Å². The smallest absolute Gasteiger partial charge is 0.139 e. The highest BCUT2D eigenvalue weighted by molar-refractivity contribution is 5.58. The summed E-state index contributed by atoms with van der Waals surface area (Å²) in [5.41, 5.74) is 4.95. The summed E-state index contributed by atoms with van der Waals surface area (Å²) in [4.78, 5) is 10.2. The van der Waals surface area contributed by atoms with Gasteiger partial charge < -0.3 is 31.0 Å². The van der Waals surface area contributed by atoms with Gasteiger partial charge in [-0.1, -0.05) is 0 Å². The van der Waals surface area contributed by atoms with Gasteiger partial charge in [0, 0.05) is 0 Å². The minimum Gasteiger partial charge on any atom is -0.394 e. The fourth-order valence-corrected chi connectivity index (χ4v) is 0.585. The lowest BCUT2D eigenvalue weighted by Gasteiger charge is -2.23. The maximum atomic E-state index is 10.2. The topological polar surface area (TPSA) is 124 Å². The van der Waals surface area contributed by atoms with Gasteiger partial charge in [-0.25, -0.2) is 0 Å². The molecule has 0 aromatic rings. The first-order valence-corrected chi connectivity index (χ1v) is 3.27. The van der Waals surface area contributed by atoms with Crippen LogP contribution in [0.15, 0.2) is 0 Å². The first kappa shape index (κ1) is 9.56. The van der Waals surface area contributed by atoms with E-state index >= 15 is 0 Å². The molecule has 0 aliphatic carbocycles. The second-order valence-corrected chi connectivity index (χ2v) is 2.30. The molecule has 6 heteroatoms. The average Bonchev–Trinajstić information content (AvgIpc) is 2.14. The van der Waals surface area contributed by atoms with Crippen LogP contribution < -0.4 is 5.73 Å². The third-order valence-electron chi connectivity index (χ3n) is 1.38. The predicted molar refractivity (Wildman–Crippen MR) is 39.1 cm³/mol. The van der Waals surface area contributed by atoms with Gasteiger partial charge in [0.1, 0.15) is 24.6 Å². The molecule has 72 valence electrons. The van der Waals surface area contributed by atoms with Crippen molar-refractivity contribution in [2.75, 3.05) is 6.61 Å². The molecule has 0 heterocycles. The number of aldehydes is 1. The molecule has 0 aliphatic rings. The predicted octanol–water partition coefficient (Wildman–Crippen LogP) is -3.41. The highest BCUT2D eigenvalue weighted by Gasteiger charge is 2.28. The fraction of sp³-hybridized carbons (Fsp3) is 0.833. The number of aliphatic hydroxyl groups excluding tert-OH is 4. The Bertz CT molecular complexity index is 176. The summed E-state index contributed by atoms with van der Waals surface area (Å²) >= 11 is 0. The molecule has 0 unspecified atom stereocenters.